The van der Waals surface area contributed by atoms with Crippen molar-refractivity contribution in [2.75, 3.05) is 0 Å². The van der Waals surface area contributed by atoms with E-state index in [1.807, 2.05) is 55.5 Å². The third-order valence-electron chi connectivity index (χ3n) is 3.81. The summed E-state index contributed by atoms with van der Waals surface area (Å²) in [6, 6.07) is 15.1. The summed E-state index contributed by atoms with van der Waals surface area (Å²) in [5, 5.41) is 3.87. The van der Waals surface area contributed by atoms with Gasteiger partial charge in [-0.15, -0.1) is 0 Å². The van der Waals surface area contributed by atoms with Crippen LogP contribution in [0.3, 0.4) is 0 Å². The number of carbonyl (C=O) groups excluding carboxylic acids is 1. The zero-order valence-electron chi connectivity index (χ0n) is 13.6. The van der Waals surface area contributed by atoms with Crippen LogP contribution in [0.5, 0.6) is 0 Å². The van der Waals surface area contributed by atoms with Crippen LogP contribution in [0.25, 0.3) is 0 Å². The van der Waals surface area contributed by atoms with Crippen LogP contribution >= 0.6 is 0 Å². The van der Waals surface area contributed by atoms with E-state index in [-0.39, 0.29) is 12.4 Å². The van der Waals surface area contributed by atoms with E-state index < -0.39 is 6.10 Å². The smallest absolute Gasteiger partial charge is 0.311 e. The van der Waals surface area contributed by atoms with Crippen LogP contribution < -0.4 is 0 Å². The maximum atomic E-state index is 12.5. The van der Waals surface area contributed by atoms with Crippen molar-refractivity contribution in [1.29, 1.82) is 0 Å². The van der Waals surface area contributed by atoms with Crippen molar-refractivity contribution >= 4 is 5.97 Å². The Hall–Kier alpha value is -2.95. The second kappa shape index (κ2) is 7.08. The van der Waals surface area contributed by atoms with Crippen LogP contribution in [0.15, 0.2) is 59.3 Å². The van der Waals surface area contributed by atoms with Crippen LogP contribution in [-0.4, -0.2) is 16.1 Å². The summed E-state index contributed by atoms with van der Waals surface area (Å²) in [5.41, 5.74) is 3.05. The monoisotopic (exact) mass is 322 g/mol. The summed E-state index contributed by atoms with van der Waals surface area (Å²) in [6.07, 6.45) is 1.27. The second-order valence-corrected chi connectivity index (χ2v) is 5.51. The molecule has 0 amide bonds. The van der Waals surface area contributed by atoms with Gasteiger partial charge in [-0.05, 0) is 31.5 Å². The van der Waals surface area contributed by atoms with Crippen molar-refractivity contribution in [3.8, 4) is 0 Å². The van der Waals surface area contributed by atoms with E-state index in [9.17, 15) is 4.79 Å². The van der Waals surface area contributed by atoms with Crippen molar-refractivity contribution in [1.82, 2.24) is 10.1 Å². The normalized spacial score (nSPS) is 11.9. The van der Waals surface area contributed by atoms with Gasteiger partial charge < -0.3 is 9.26 Å². The van der Waals surface area contributed by atoms with Gasteiger partial charge in [0, 0.05) is 11.8 Å². The van der Waals surface area contributed by atoms with E-state index in [1.54, 1.807) is 13.1 Å². The number of aromatic nitrogens is 2. The fraction of sp³-hybridized carbons (Fsp3) is 0.211. The lowest BCUT2D eigenvalue weighted by atomic mass is 10.1. The van der Waals surface area contributed by atoms with E-state index in [4.69, 9.17) is 9.26 Å². The predicted octanol–water partition coefficient (Wildman–Crippen LogP) is 3.56. The SMILES string of the molecule is Cc1noc(C)c1CC(=O)O[C@H](c1ccccc1)c1ccccn1. The molecule has 122 valence electrons. The second-order valence-electron chi connectivity index (χ2n) is 5.51. The standard InChI is InChI=1S/C19H18N2O3/c1-13-16(14(2)24-21-13)12-18(22)23-19(15-8-4-3-5-9-15)17-10-6-7-11-20-17/h3-11,19H,12H2,1-2H3/t19-/m1/s1. The molecule has 0 spiro atoms. The Morgan fingerprint density at radius 3 is 2.50 bits per heavy atom. The predicted molar refractivity (Wildman–Crippen MR) is 88.3 cm³/mol. The molecule has 1 atom stereocenters. The Kier molecular flexibility index (Phi) is 4.70. The van der Waals surface area contributed by atoms with Gasteiger partial charge in [0.2, 0.25) is 0 Å². The summed E-state index contributed by atoms with van der Waals surface area (Å²) >= 11 is 0. The van der Waals surface area contributed by atoms with E-state index in [0.717, 1.165) is 11.1 Å². The molecule has 3 aromatic rings. The fourth-order valence-corrected chi connectivity index (χ4v) is 2.53. The molecule has 1 aromatic carbocycles. The van der Waals surface area contributed by atoms with Gasteiger partial charge in [0.25, 0.3) is 0 Å². The number of carbonyl (C=O) groups is 1. The number of hydrogen-bond acceptors (Lipinski definition) is 5. The van der Waals surface area contributed by atoms with Gasteiger partial charge in [0.15, 0.2) is 6.10 Å². The molecule has 0 aliphatic rings. The molecule has 0 radical (unpaired) electrons. The number of hydrogen-bond donors (Lipinski definition) is 0. The molecule has 3 rings (SSSR count). The van der Waals surface area contributed by atoms with Crippen LogP contribution in [0.1, 0.15) is 34.4 Å². The van der Waals surface area contributed by atoms with E-state index in [2.05, 4.69) is 10.1 Å². The van der Waals surface area contributed by atoms with Crippen LogP contribution in [-0.2, 0) is 16.0 Å². The molecule has 2 heterocycles. The molecule has 0 unspecified atom stereocenters. The van der Waals surface area contributed by atoms with Crippen LogP contribution in [0.2, 0.25) is 0 Å². The van der Waals surface area contributed by atoms with E-state index >= 15 is 0 Å². The molecule has 0 aliphatic heterocycles. The number of esters is 1. The number of benzene rings is 1. The first kappa shape index (κ1) is 15.9. The van der Waals surface area contributed by atoms with Crippen LogP contribution in [0.4, 0.5) is 0 Å². The third-order valence-corrected chi connectivity index (χ3v) is 3.81. The zero-order chi connectivity index (χ0) is 16.9. The molecule has 0 saturated heterocycles. The molecule has 5 nitrogen and oxygen atoms in total. The number of nitrogens with zero attached hydrogens (tertiary/aromatic N) is 2. The minimum Gasteiger partial charge on any atom is -0.451 e. The van der Waals surface area contributed by atoms with Gasteiger partial charge in [-0.3, -0.25) is 9.78 Å². The fourth-order valence-electron chi connectivity index (χ4n) is 2.53. The maximum Gasteiger partial charge on any atom is 0.311 e. The van der Waals surface area contributed by atoms with Gasteiger partial charge in [0.05, 0.1) is 17.8 Å². The molecule has 0 saturated carbocycles. The highest BCUT2D eigenvalue weighted by Gasteiger charge is 2.22. The molecular formula is C19H18N2O3. The summed E-state index contributed by atoms with van der Waals surface area (Å²) in [6.45, 7) is 3.60. The molecule has 0 aliphatic carbocycles. The number of aryl methyl sites for hydroxylation is 2. The summed E-state index contributed by atoms with van der Waals surface area (Å²) in [7, 11) is 0. The lowest BCUT2D eigenvalue weighted by Crippen LogP contribution is -2.16. The minimum atomic E-state index is -0.541. The highest BCUT2D eigenvalue weighted by molar-refractivity contribution is 5.73. The lowest BCUT2D eigenvalue weighted by molar-refractivity contribution is -0.146. The van der Waals surface area contributed by atoms with Crippen molar-refractivity contribution in [3.05, 3.63) is 83.0 Å². The lowest BCUT2D eigenvalue weighted by Gasteiger charge is -2.18. The van der Waals surface area contributed by atoms with Gasteiger partial charge in [-0.2, -0.15) is 0 Å². The molecule has 0 bridgehead atoms. The Bertz CT molecular complexity index is 754. The van der Waals surface area contributed by atoms with Crippen molar-refractivity contribution in [2.45, 2.75) is 26.4 Å². The van der Waals surface area contributed by atoms with Crippen LogP contribution in [0, 0.1) is 13.8 Å². The van der Waals surface area contributed by atoms with E-state index in [0.29, 0.717) is 17.1 Å². The summed E-state index contributed by atoms with van der Waals surface area (Å²) in [5.74, 6) is 0.294. The van der Waals surface area contributed by atoms with Crippen molar-refractivity contribution in [2.24, 2.45) is 0 Å². The van der Waals surface area contributed by atoms with Gasteiger partial charge in [-0.1, -0.05) is 41.6 Å². The highest BCUT2D eigenvalue weighted by Crippen LogP contribution is 2.25. The number of pyridine rings is 1. The Morgan fingerprint density at radius 1 is 1.12 bits per heavy atom. The Labute approximate surface area is 140 Å². The number of rotatable bonds is 5. The average molecular weight is 322 g/mol. The first-order valence-electron chi connectivity index (χ1n) is 7.72. The Morgan fingerprint density at radius 2 is 1.88 bits per heavy atom. The zero-order valence-corrected chi connectivity index (χ0v) is 13.6. The van der Waals surface area contributed by atoms with Gasteiger partial charge in [0.1, 0.15) is 5.76 Å². The van der Waals surface area contributed by atoms with E-state index in [1.165, 1.54) is 0 Å². The summed E-state index contributed by atoms with van der Waals surface area (Å²) < 4.78 is 10.8. The first-order valence-corrected chi connectivity index (χ1v) is 7.72. The summed E-state index contributed by atoms with van der Waals surface area (Å²) in [4.78, 5) is 16.8. The quantitative estimate of drug-likeness (QED) is 0.672. The largest absolute Gasteiger partial charge is 0.451 e. The number of ether oxygens (including phenoxy) is 1. The third kappa shape index (κ3) is 3.51. The Balaban J connectivity index is 1.83. The topological polar surface area (TPSA) is 65.2 Å². The molecule has 5 heteroatoms. The molecule has 0 fully saturated rings. The highest BCUT2D eigenvalue weighted by atomic mass is 16.5. The average Bonchev–Trinajstić information content (AvgIpc) is 2.93. The first-order chi connectivity index (χ1) is 11.6. The van der Waals surface area contributed by atoms with Crippen molar-refractivity contribution < 1.29 is 14.1 Å². The molecule has 24 heavy (non-hydrogen) atoms. The van der Waals surface area contributed by atoms with Gasteiger partial charge in [-0.25, -0.2) is 0 Å². The molecular weight excluding hydrogens is 304 g/mol. The molecule has 0 N–H and O–H groups in total. The molecule has 2 aromatic heterocycles. The van der Waals surface area contributed by atoms with Gasteiger partial charge >= 0.3 is 5.97 Å². The maximum absolute atomic E-state index is 12.5. The van der Waals surface area contributed by atoms with Crippen molar-refractivity contribution in [3.63, 3.8) is 0 Å². The minimum absolute atomic E-state index is 0.122.